The lowest BCUT2D eigenvalue weighted by molar-refractivity contribution is 0.0940. The van der Waals surface area contributed by atoms with Crippen LogP contribution in [0.2, 0.25) is 0 Å². The van der Waals surface area contributed by atoms with Gasteiger partial charge in [-0.2, -0.15) is 0 Å². The van der Waals surface area contributed by atoms with Crippen molar-refractivity contribution in [1.29, 1.82) is 0 Å². The Morgan fingerprint density at radius 2 is 2.00 bits per heavy atom. The second-order valence-corrected chi connectivity index (χ2v) is 7.74. The number of carbonyl (C=O) groups excluding carboxylic acids is 1. The lowest BCUT2D eigenvalue weighted by Gasteiger charge is -2.18. The van der Waals surface area contributed by atoms with Crippen molar-refractivity contribution in [2.75, 3.05) is 23.7 Å². The predicted molar refractivity (Wildman–Crippen MR) is 116 cm³/mol. The number of hydrogen-bond donors (Lipinski definition) is 2. The van der Waals surface area contributed by atoms with Crippen LogP contribution in [0.25, 0.3) is 0 Å². The van der Waals surface area contributed by atoms with Gasteiger partial charge in [-0.25, -0.2) is 14.6 Å². The molecule has 0 unspecified atom stereocenters. The summed E-state index contributed by atoms with van der Waals surface area (Å²) in [6, 6.07) is 10.3. The molecule has 0 spiro atoms. The van der Waals surface area contributed by atoms with Crippen LogP contribution in [0, 0.1) is 13.8 Å². The molecule has 0 bridgehead atoms. The Morgan fingerprint density at radius 3 is 2.77 bits per heavy atom. The molecule has 8 heteroatoms. The Morgan fingerprint density at radius 1 is 1.20 bits per heavy atom. The second kappa shape index (κ2) is 8.52. The summed E-state index contributed by atoms with van der Waals surface area (Å²) in [5.41, 5.74) is 10.9. The molecular formula is C22H27N7O. The molecule has 4 rings (SSSR count). The molecule has 0 atom stereocenters. The SMILES string of the molecule is Cc1cc(N)nc(C)c1CNC(=O)c1ncn(Cc2cccc(N3CCCC3)c2)n1. The van der Waals surface area contributed by atoms with E-state index in [4.69, 9.17) is 5.73 Å². The third kappa shape index (κ3) is 4.42. The van der Waals surface area contributed by atoms with Crippen molar-refractivity contribution in [3.63, 3.8) is 0 Å². The van der Waals surface area contributed by atoms with Crippen LogP contribution in [0.15, 0.2) is 36.7 Å². The molecule has 1 saturated heterocycles. The quantitative estimate of drug-likeness (QED) is 0.653. The van der Waals surface area contributed by atoms with E-state index >= 15 is 0 Å². The van der Waals surface area contributed by atoms with Gasteiger partial charge in [0.1, 0.15) is 12.1 Å². The zero-order chi connectivity index (χ0) is 21.1. The monoisotopic (exact) mass is 405 g/mol. The fraction of sp³-hybridized carbons (Fsp3) is 0.364. The summed E-state index contributed by atoms with van der Waals surface area (Å²) in [5.74, 6) is 0.328. The molecule has 0 aliphatic carbocycles. The third-order valence-corrected chi connectivity index (χ3v) is 5.47. The fourth-order valence-electron chi connectivity index (χ4n) is 3.89. The molecule has 0 radical (unpaired) electrons. The van der Waals surface area contributed by atoms with Crippen LogP contribution in [0.5, 0.6) is 0 Å². The van der Waals surface area contributed by atoms with Crippen molar-refractivity contribution < 1.29 is 4.79 Å². The smallest absolute Gasteiger partial charge is 0.291 e. The van der Waals surface area contributed by atoms with Gasteiger partial charge in [-0.3, -0.25) is 4.79 Å². The van der Waals surface area contributed by atoms with Crippen molar-refractivity contribution in [2.45, 2.75) is 39.8 Å². The van der Waals surface area contributed by atoms with Crippen molar-refractivity contribution >= 4 is 17.4 Å². The van der Waals surface area contributed by atoms with Crippen LogP contribution in [0.3, 0.4) is 0 Å². The number of aromatic nitrogens is 4. The normalized spacial score (nSPS) is 13.6. The van der Waals surface area contributed by atoms with Crippen LogP contribution in [0.4, 0.5) is 11.5 Å². The summed E-state index contributed by atoms with van der Waals surface area (Å²) >= 11 is 0. The molecule has 8 nitrogen and oxygen atoms in total. The van der Waals surface area contributed by atoms with Crippen molar-refractivity contribution in [1.82, 2.24) is 25.1 Å². The average Bonchev–Trinajstić information content (AvgIpc) is 3.39. The van der Waals surface area contributed by atoms with E-state index in [0.717, 1.165) is 35.5 Å². The van der Waals surface area contributed by atoms with Gasteiger partial charge in [0.25, 0.3) is 5.91 Å². The van der Waals surface area contributed by atoms with E-state index in [1.54, 1.807) is 17.1 Å². The van der Waals surface area contributed by atoms with Gasteiger partial charge in [-0.15, -0.1) is 5.10 Å². The van der Waals surface area contributed by atoms with Gasteiger partial charge in [0.2, 0.25) is 5.82 Å². The van der Waals surface area contributed by atoms with Crippen LogP contribution in [-0.2, 0) is 13.1 Å². The molecule has 30 heavy (non-hydrogen) atoms. The lowest BCUT2D eigenvalue weighted by atomic mass is 10.1. The second-order valence-electron chi connectivity index (χ2n) is 7.74. The van der Waals surface area contributed by atoms with Gasteiger partial charge in [0, 0.05) is 31.0 Å². The number of nitrogen functional groups attached to an aromatic ring is 1. The minimum absolute atomic E-state index is 0.157. The maximum absolute atomic E-state index is 12.5. The highest BCUT2D eigenvalue weighted by atomic mass is 16.2. The molecule has 1 fully saturated rings. The number of amides is 1. The molecule has 0 saturated carbocycles. The number of nitrogens with one attached hydrogen (secondary N) is 1. The molecule has 1 aromatic carbocycles. The molecule has 156 valence electrons. The summed E-state index contributed by atoms with van der Waals surface area (Å²) in [5, 5.41) is 7.22. The Kier molecular flexibility index (Phi) is 5.65. The van der Waals surface area contributed by atoms with E-state index in [1.807, 2.05) is 13.8 Å². The number of carbonyl (C=O) groups is 1. The van der Waals surface area contributed by atoms with Crippen molar-refractivity contribution in [2.24, 2.45) is 0 Å². The topological polar surface area (TPSA) is 102 Å². The number of rotatable bonds is 6. The number of pyridine rings is 1. The van der Waals surface area contributed by atoms with E-state index in [2.05, 4.69) is 49.5 Å². The van der Waals surface area contributed by atoms with Gasteiger partial charge >= 0.3 is 0 Å². The van der Waals surface area contributed by atoms with E-state index in [1.165, 1.54) is 18.5 Å². The van der Waals surface area contributed by atoms with Gasteiger partial charge in [0.05, 0.1) is 6.54 Å². The molecule has 1 aliphatic rings. The Labute approximate surface area is 176 Å². The van der Waals surface area contributed by atoms with Crippen LogP contribution in [-0.4, -0.2) is 38.7 Å². The van der Waals surface area contributed by atoms with Gasteiger partial charge in [0.15, 0.2) is 0 Å². The minimum Gasteiger partial charge on any atom is -0.384 e. The highest BCUT2D eigenvalue weighted by Crippen LogP contribution is 2.21. The first-order chi connectivity index (χ1) is 14.5. The Balaban J connectivity index is 1.39. The lowest BCUT2D eigenvalue weighted by Crippen LogP contribution is -2.25. The predicted octanol–water partition coefficient (Wildman–Crippen LogP) is 2.45. The van der Waals surface area contributed by atoms with Gasteiger partial charge < -0.3 is 16.0 Å². The van der Waals surface area contributed by atoms with Crippen molar-refractivity contribution in [3.8, 4) is 0 Å². The highest BCUT2D eigenvalue weighted by molar-refractivity contribution is 5.90. The zero-order valence-electron chi connectivity index (χ0n) is 17.4. The summed E-state index contributed by atoms with van der Waals surface area (Å²) < 4.78 is 1.69. The first-order valence-corrected chi connectivity index (χ1v) is 10.2. The number of aryl methyl sites for hydroxylation is 2. The fourth-order valence-corrected chi connectivity index (χ4v) is 3.89. The molecule has 3 aromatic rings. The maximum Gasteiger partial charge on any atom is 0.291 e. The van der Waals surface area contributed by atoms with E-state index in [0.29, 0.717) is 18.9 Å². The Hall–Kier alpha value is -3.42. The van der Waals surface area contributed by atoms with Crippen LogP contribution >= 0.6 is 0 Å². The summed E-state index contributed by atoms with van der Waals surface area (Å²) in [6.07, 6.45) is 4.09. The summed E-state index contributed by atoms with van der Waals surface area (Å²) in [7, 11) is 0. The largest absolute Gasteiger partial charge is 0.384 e. The molecule has 3 N–H and O–H groups in total. The highest BCUT2D eigenvalue weighted by Gasteiger charge is 2.15. The van der Waals surface area contributed by atoms with E-state index < -0.39 is 0 Å². The molecular weight excluding hydrogens is 378 g/mol. The van der Waals surface area contributed by atoms with Crippen LogP contribution in [0.1, 0.15) is 45.8 Å². The zero-order valence-corrected chi connectivity index (χ0v) is 17.4. The summed E-state index contributed by atoms with van der Waals surface area (Å²) in [6.45, 7) is 6.99. The van der Waals surface area contributed by atoms with E-state index in [9.17, 15) is 4.79 Å². The van der Waals surface area contributed by atoms with Crippen molar-refractivity contribution in [3.05, 3.63) is 64.9 Å². The molecule has 2 aromatic heterocycles. The standard InChI is InChI=1S/C22H27N7O/c1-15-10-20(23)26-16(2)19(15)12-24-22(30)21-25-14-29(27-21)13-17-6-5-7-18(11-17)28-8-3-4-9-28/h5-7,10-11,14H,3-4,8-9,12-13H2,1-2H3,(H2,23,26)(H,24,30). The summed E-state index contributed by atoms with van der Waals surface area (Å²) in [4.78, 5) is 23.3. The number of nitrogens with two attached hydrogens (primary N) is 1. The van der Waals surface area contributed by atoms with Crippen LogP contribution < -0.4 is 16.0 Å². The first kappa shape index (κ1) is 19.9. The molecule has 3 heterocycles. The number of anilines is 2. The van der Waals surface area contributed by atoms with Gasteiger partial charge in [-0.1, -0.05) is 12.1 Å². The minimum atomic E-state index is -0.310. The third-order valence-electron chi connectivity index (χ3n) is 5.47. The van der Waals surface area contributed by atoms with Gasteiger partial charge in [-0.05, 0) is 61.6 Å². The first-order valence-electron chi connectivity index (χ1n) is 10.2. The molecule has 1 amide bonds. The Bertz CT molecular complexity index is 1030. The number of nitrogens with zero attached hydrogens (tertiary/aromatic N) is 5. The number of hydrogen-bond acceptors (Lipinski definition) is 6. The number of benzene rings is 1. The maximum atomic E-state index is 12.5. The average molecular weight is 406 g/mol. The molecule has 1 aliphatic heterocycles. The van der Waals surface area contributed by atoms with E-state index in [-0.39, 0.29) is 11.7 Å².